The molecule has 0 aromatic heterocycles. The van der Waals surface area contributed by atoms with Crippen molar-refractivity contribution >= 4 is 47.6 Å². The van der Waals surface area contributed by atoms with Crippen LogP contribution >= 0.6 is 35.7 Å². The van der Waals surface area contributed by atoms with Crippen molar-refractivity contribution in [3.05, 3.63) is 0 Å². The molecule has 7 heteroatoms. The van der Waals surface area contributed by atoms with Crippen molar-refractivity contribution in [2.45, 2.75) is 62.3 Å². The van der Waals surface area contributed by atoms with E-state index < -0.39 is 0 Å². The van der Waals surface area contributed by atoms with Gasteiger partial charge in [-0.05, 0) is 56.6 Å². The summed E-state index contributed by atoms with van der Waals surface area (Å²) in [4.78, 5) is 18.1. The van der Waals surface area contributed by atoms with Gasteiger partial charge in [0, 0.05) is 31.4 Å². The molecule has 0 aromatic rings. The molecule has 0 radical (unpaired) electrons. The number of aliphatic imine (C=N–C) groups is 1. The third-order valence-electron chi connectivity index (χ3n) is 5.99. The maximum absolute atomic E-state index is 11.9. The van der Waals surface area contributed by atoms with Crippen LogP contribution in [0.5, 0.6) is 0 Å². The topological polar surface area (TPSA) is 56.7 Å². The summed E-state index contributed by atoms with van der Waals surface area (Å²) in [6.07, 6.45) is 11.3. The monoisotopic (exact) mass is 480 g/mol. The van der Waals surface area contributed by atoms with Crippen LogP contribution in [0.15, 0.2) is 4.99 Å². The lowest BCUT2D eigenvalue weighted by atomic mass is 9.95. The first-order chi connectivity index (χ1) is 11.5. The van der Waals surface area contributed by atoms with E-state index in [1.807, 2.05) is 11.8 Å². The van der Waals surface area contributed by atoms with Gasteiger partial charge in [0.05, 0.1) is 0 Å². The maximum atomic E-state index is 11.9. The second kappa shape index (κ2) is 9.67. The van der Waals surface area contributed by atoms with Gasteiger partial charge in [0.2, 0.25) is 5.91 Å². The predicted octanol–water partition coefficient (Wildman–Crippen LogP) is 2.70. The number of guanidine groups is 1. The number of thioether (sulfide) groups is 1. The number of nitrogens with zero attached hydrogens (tertiary/aromatic N) is 2. The molecule has 3 aliphatic carbocycles. The van der Waals surface area contributed by atoms with Crippen molar-refractivity contribution in [2.75, 3.05) is 26.9 Å². The molecule has 5 atom stereocenters. The van der Waals surface area contributed by atoms with E-state index in [0.29, 0.717) is 12.1 Å². The fourth-order valence-electron chi connectivity index (χ4n) is 4.50. The summed E-state index contributed by atoms with van der Waals surface area (Å²) < 4.78 is 0. The van der Waals surface area contributed by atoms with Gasteiger partial charge in [0.15, 0.2) is 5.96 Å². The predicted molar refractivity (Wildman–Crippen MR) is 117 cm³/mol. The molecule has 0 spiro atoms. The molecule has 5 nitrogen and oxygen atoms in total. The van der Waals surface area contributed by atoms with Gasteiger partial charge in [-0.15, -0.1) is 24.0 Å². The molecule has 2 bridgehead atoms. The molecule has 0 aromatic carbocycles. The largest absolute Gasteiger partial charge is 0.354 e. The van der Waals surface area contributed by atoms with E-state index in [2.05, 4.69) is 21.9 Å². The molecule has 0 aliphatic heterocycles. The highest BCUT2D eigenvalue weighted by atomic mass is 127. The molecule has 3 rings (SSSR count). The van der Waals surface area contributed by atoms with Gasteiger partial charge in [-0.25, -0.2) is 4.99 Å². The number of rotatable bonds is 5. The Kier molecular flexibility index (Phi) is 8.17. The van der Waals surface area contributed by atoms with Crippen LogP contribution < -0.4 is 10.6 Å². The Labute approximate surface area is 173 Å². The van der Waals surface area contributed by atoms with Crippen molar-refractivity contribution in [3.8, 4) is 0 Å². The molecule has 3 saturated carbocycles. The lowest BCUT2D eigenvalue weighted by Gasteiger charge is -2.27. The van der Waals surface area contributed by atoms with Crippen LogP contribution in [0, 0.1) is 11.8 Å². The van der Waals surface area contributed by atoms with Crippen LogP contribution in [0.3, 0.4) is 0 Å². The van der Waals surface area contributed by atoms with Gasteiger partial charge in [-0.3, -0.25) is 4.79 Å². The lowest BCUT2D eigenvalue weighted by molar-refractivity contribution is -0.127. The summed E-state index contributed by atoms with van der Waals surface area (Å²) in [5, 5.41) is 8.04. The molecule has 1 amide bonds. The summed E-state index contributed by atoms with van der Waals surface area (Å²) in [5.74, 6) is 2.62. The average molecular weight is 480 g/mol. The second-order valence-electron chi connectivity index (χ2n) is 7.89. The van der Waals surface area contributed by atoms with Crippen molar-refractivity contribution in [1.82, 2.24) is 15.5 Å². The normalized spacial score (nSPS) is 33.9. The highest BCUT2D eigenvalue weighted by molar-refractivity contribution is 14.0. The zero-order valence-corrected chi connectivity index (χ0v) is 18.8. The van der Waals surface area contributed by atoms with E-state index >= 15 is 0 Å². The first kappa shape index (κ1) is 21.1. The van der Waals surface area contributed by atoms with E-state index in [9.17, 15) is 4.79 Å². The fraction of sp³-hybridized carbons (Fsp3) is 0.889. The van der Waals surface area contributed by atoms with E-state index in [4.69, 9.17) is 0 Å². The number of likely N-dealkylation sites (N-methyl/N-ethyl adjacent to an activating group) is 1. The molecule has 0 saturated heterocycles. The Morgan fingerprint density at radius 1 is 1.12 bits per heavy atom. The summed E-state index contributed by atoms with van der Waals surface area (Å²) in [5.41, 5.74) is 0. The minimum Gasteiger partial charge on any atom is -0.354 e. The van der Waals surface area contributed by atoms with Gasteiger partial charge in [0.1, 0.15) is 6.54 Å². The highest BCUT2D eigenvalue weighted by Crippen LogP contribution is 2.44. The average Bonchev–Trinajstić information content (AvgIpc) is 3.28. The van der Waals surface area contributed by atoms with Gasteiger partial charge in [-0.1, -0.05) is 6.42 Å². The SMILES string of the molecule is CSC1CCC(NC(=NCC(=O)N(C)C)NC2CC3CCC2C3)C1.I. The van der Waals surface area contributed by atoms with Gasteiger partial charge >= 0.3 is 0 Å². The summed E-state index contributed by atoms with van der Waals surface area (Å²) in [6.45, 7) is 0.224. The summed E-state index contributed by atoms with van der Waals surface area (Å²) in [6, 6.07) is 1.03. The number of halogens is 1. The zero-order valence-electron chi connectivity index (χ0n) is 15.7. The smallest absolute Gasteiger partial charge is 0.243 e. The Bertz CT molecular complexity index is 488. The van der Waals surface area contributed by atoms with Gasteiger partial charge in [-0.2, -0.15) is 11.8 Å². The van der Waals surface area contributed by atoms with Crippen molar-refractivity contribution in [3.63, 3.8) is 0 Å². The molecule has 5 unspecified atom stereocenters. The molecule has 3 aliphatic rings. The van der Waals surface area contributed by atoms with Crippen LogP contribution in [-0.2, 0) is 4.79 Å². The quantitative estimate of drug-likeness (QED) is 0.361. The number of hydrogen-bond acceptors (Lipinski definition) is 3. The zero-order chi connectivity index (χ0) is 17.1. The lowest BCUT2D eigenvalue weighted by Crippen LogP contribution is -2.49. The van der Waals surface area contributed by atoms with E-state index in [1.165, 1.54) is 44.9 Å². The van der Waals surface area contributed by atoms with Gasteiger partial charge < -0.3 is 15.5 Å². The minimum absolute atomic E-state index is 0. The number of hydrogen-bond donors (Lipinski definition) is 2. The first-order valence-electron chi connectivity index (χ1n) is 9.35. The van der Waals surface area contributed by atoms with Crippen LogP contribution in [0.4, 0.5) is 0 Å². The number of carbonyl (C=O) groups is 1. The van der Waals surface area contributed by atoms with E-state index in [-0.39, 0.29) is 36.4 Å². The third kappa shape index (κ3) is 5.65. The molecular weight excluding hydrogens is 447 g/mol. The number of fused-ring (bicyclic) bond motifs is 2. The molecule has 144 valence electrons. The molecule has 25 heavy (non-hydrogen) atoms. The van der Waals surface area contributed by atoms with Gasteiger partial charge in [0.25, 0.3) is 0 Å². The third-order valence-corrected chi connectivity index (χ3v) is 7.08. The molecule has 2 N–H and O–H groups in total. The first-order valence-corrected chi connectivity index (χ1v) is 10.6. The Hall–Kier alpha value is -0.180. The summed E-state index contributed by atoms with van der Waals surface area (Å²) in [7, 11) is 3.57. The maximum Gasteiger partial charge on any atom is 0.243 e. The van der Waals surface area contributed by atoms with E-state index in [0.717, 1.165) is 23.0 Å². The van der Waals surface area contributed by atoms with Crippen LogP contribution in [0.2, 0.25) is 0 Å². The fourth-order valence-corrected chi connectivity index (χ4v) is 5.29. The van der Waals surface area contributed by atoms with Crippen molar-refractivity contribution in [1.29, 1.82) is 0 Å². The van der Waals surface area contributed by atoms with E-state index in [1.54, 1.807) is 19.0 Å². The minimum atomic E-state index is 0. The Morgan fingerprint density at radius 3 is 2.48 bits per heavy atom. The van der Waals surface area contributed by atoms with Crippen molar-refractivity contribution < 1.29 is 4.79 Å². The van der Waals surface area contributed by atoms with Crippen molar-refractivity contribution in [2.24, 2.45) is 16.8 Å². The molecule has 0 heterocycles. The standard InChI is InChI=1S/C18H32N4OS.HI/c1-22(2)17(23)11-19-18(20-14-6-7-15(10-14)24-3)21-16-9-12-4-5-13(16)8-12;/h12-16H,4-11H2,1-3H3,(H2,19,20,21);1H. The highest BCUT2D eigenvalue weighted by Gasteiger charge is 2.40. The Morgan fingerprint density at radius 2 is 1.92 bits per heavy atom. The summed E-state index contributed by atoms with van der Waals surface area (Å²) >= 11 is 1.97. The van der Waals surface area contributed by atoms with Crippen LogP contribution in [0.1, 0.15) is 44.9 Å². The molecule has 3 fully saturated rings. The number of amides is 1. The molecular formula is C18H33IN4OS. The van der Waals surface area contributed by atoms with Crippen LogP contribution in [0.25, 0.3) is 0 Å². The van der Waals surface area contributed by atoms with Crippen LogP contribution in [-0.4, -0.2) is 61.0 Å². The number of nitrogens with one attached hydrogen (secondary N) is 2. The second-order valence-corrected chi connectivity index (χ2v) is 9.03. The number of carbonyl (C=O) groups excluding carboxylic acids is 1. The Balaban J connectivity index is 0.00000225.